The van der Waals surface area contributed by atoms with E-state index in [-0.39, 0.29) is 11.1 Å². The molecule has 1 unspecified atom stereocenters. The molecule has 2 N–H and O–H groups in total. The Hall–Kier alpha value is -3.88. The molecule has 1 fully saturated rings. The molecule has 3 heterocycles. The van der Waals surface area contributed by atoms with Gasteiger partial charge < -0.3 is 14.1 Å². The summed E-state index contributed by atoms with van der Waals surface area (Å²) >= 11 is 0.900. The molecule has 2 amide bonds. The number of nitrogens with one attached hydrogen (secondary N) is 1. The van der Waals surface area contributed by atoms with Crippen LogP contribution in [0.25, 0.3) is 17.5 Å². The number of aryl methyl sites for hydroxylation is 2. The number of rotatable bonds is 8. The summed E-state index contributed by atoms with van der Waals surface area (Å²) in [4.78, 5) is 28.6. The van der Waals surface area contributed by atoms with E-state index in [9.17, 15) is 14.7 Å². The topological polar surface area (TPSA) is 97.4 Å². The highest BCUT2D eigenvalue weighted by molar-refractivity contribution is 8.18. The van der Waals surface area contributed by atoms with Crippen molar-refractivity contribution in [3.8, 4) is 11.5 Å². The summed E-state index contributed by atoms with van der Waals surface area (Å²) in [5.74, 6) is 0.705. The number of nitrogens with zero attached hydrogens (tertiary/aromatic N) is 2. The van der Waals surface area contributed by atoms with Gasteiger partial charge in [-0.25, -0.2) is 4.98 Å². The number of oxazole rings is 1. The first-order chi connectivity index (χ1) is 17.5. The third kappa shape index (κ3) is 5.19. The van der Waals surface area contributed by atoms with E-state index < -0.39 is 6.10 Å². The van der Waals surface area contributed by atoms with Crippen molar-refractivity contribution in [3.05, 3.63) is 106 Å². The fourth-order valence-electron chi connectivity index (χ4n) is 4.23. The van der Waals surface area contributed by atoms with Crippen LogP contribution in [0.2, 0.25) is 0 Å². The minimum absolute atomic E-state index is 0.366. The number of benzene rings is 2. The van der Waals surface area contributed by atoms with Crippen molar-refractivity contribution < 1.29 is 19.1 Å². The predicted molar refractivity (Wildman–Crippen MR) is 139 cm³/mol. The van der Waals surface area contributed by atoms with E-state index in [2.05, 4.69) is 14.9 Å². The molecule has 8 heteroatoms. The van der Waals surface area contributed by atoms with Crippen molar-refractivity contribution in [1.29, 1.82) is 0 Å². The Morgan fingerprint density at radius 2 is 1.78 bits per heavy atom. The monoisotopic (exact) mass is 499 g/mol. The number of aliphatic hydroxyl groups excluding tert-OH is 1. The summed E-state index contributed by atoms with van der Waals surface area (Å²) in [7, 11) is 0. The highest BCUT2D eigenvalue weighted by Gasteiger charge is 2.26. The van der Waals surface area contributed by atoms with Crippen LogP contribution in [0.4, 0.5) is 4.79 Å². The molecule has 5 rings (SSSR count). The lowest BCUT2D eigenvalue weighted by Gasteiger charge is -2.14. The average molecular weight is 500 g/mol. The van der Waals surface area contributed by atoms with E-state index >= 15 is 0 Å². The van der Waals surface area contributed by atoms with Crippen LogP contribution in [0.3, 0.4) is 0 Å². The maximum absolute atomic E-state index is 12.1. The van der Waals surface area contributed by atoms with Crippen molar-refractivity contribution in [2.75, 3.05) is 0 Å². The summed E-state index contributed by atoms with van der Waals surface area (Å²) in [5.41, 5.74) is 4.33. The Kier molecular flexibility index (Phi) is 6.88. The zero-order valence-electron chi connectivity index (χ0n) is 19.7. The molecule has 2 aromatic heterocycles. The molecule has 182 valence electrons. The maximum Gasteiger partial charge on any atom is 0.290 e. The second-order valence-corrected chi connectivity index (χ2v) is 9.57. The normalized spacial score (nSPS) is 15.4. The van der Waals surface area contributed by atoms with Gasteiger partial charge >= 0.3 is 0 Å². The van der Waals surface area contributed by atoms with E-state index in [1.54, 1.807) is 6.08 Å². The number of hydrogen-bond acceptors (Lipinski definition) is 6. The Balaban J connectivity index is 1.38. The molecule has 0 saturated carbocycles. The predicted octanol–water partition coefficient (Wildman–Crippen LogP) is 5.49. The van der Waals surface area contributed by atoms with Crippen LogP contribution in [0.5, 0.6) is 0 Å². The van der Waals surface area contributed by atoms with Gasteiger partial charge in [0.2, 0.25) is 5.89 Å². The van der Waals surface area contributed by atoms with Crippen LogP contribution in [-0.4, -0.2) is 25.8 Å². The molecule has 0 aliphatic carbocycles. The molecule has 0 spiro atoms. The molecular formula is C28H25N3O4S. The number of thioether (sulfide) groups is 1. The number of aromatic nitrogens is 2. The zero-order valence-corrected chi connectivity index (χ0v) is 20.5. The quantitative estimate of drug-likeness (QED) is 0.311. The maximum atomic E-state index is 12.1. The molecule has 4 aromatic rings. The van der Waals surface area contributed by atoms with Gasteiger partial charge in [-0.05, 0) is 67.4 Å². The lowest BCUT2D eigenvalue weighted by atomic mass is 10.1. The molecule has 1 saturated heterocycles. The Morgan fingerprint density at radius 1 is 1.06 bits per heavy atom. The molecule has 7 nitrogen and oxygen atoms in total. The Morgan fingerprint density at radius 3 is 2.47 bits per heavy atom. The highest BCUT2D eigenvalue weighted by Crippen LogP contribution is 2.29. The van der Waals surface area contributed by atoms with Crippen molar-refractivity contribution >= 4 is 29.0 Å². The SMILES string of the molecule is Cc1oc(-c2ccccc2)nc1C(O)CCc1ccc(C=C2SC(=O)NC2=O)n1Cc1ccccc1. The molecule has 0 radical (unpaired) electrons. The summed E-state index contributed by atoms with van der Waals surface area (Å²) in [5, 5.41) is 12.9. The van der Waals surface area contributed by atoms with Crippen molar-refractivity contribution in [2.24, 2.45) is 0 Å². The Bertz CT molecular complexity index is 1420. The van der Waals surface area contributed by atoms with E-state index in [0.717, 1.165) is 34.3 Å². The summed E-state index contributed by atoms with van der Waals surface area (Å²) in [6.07, 6.45) is 1.98. The van der Waals surface area contributed by atoms with Gasteiger partial charge in [-0.3, -0.25) is 14.9 Å². The number of carbonyl (C=O) groups is 2. The molecule has 0 bridgehead atoms. The molecule has 1 aliphatic heterocycles. The lowest BCUT2D eigenvalue weighted by molar-refractivity contribution is -0.115. The fraction of sp³-hybridized carbons (Fsp3) is 0.179. The van der Waals surface area contributed by atoms with E-state index in [0.29, 0.717) is 41.6 Å². The number of hydrogen-bond donors (Lipinski definition) is 2. The first-order valence-electron chi connectivity index (χ1n) is 11.7. The van der Waals surface area contributed by atoms with Gasteiger partial charge in [0.25, 0.3) is 11.1 Å². The van der Waals surface area contributed by atoms with Gasteiger partial charge in [-0.15, -0.1) is 0 Å². The second kappa shape index (κ2) is 10.4. The first-order valence-corrected chi connectivity index (χ1v) is 12.5. The van der Waals surface area contributed by atoms with Crippen LogP contribution < -0.4 is 5.32 Å². The summed E-state index contributed by atoms with van der Waals surface area (Å²) in [6.45, 7) is 2.41. The van der Waals surface area contributed by atoms with Crippen LogP contribution >= 0.6 is 11.8 Å². The minimum atomic E-state index is -0.790. The van der Waals surface area contributed by atoms with Crippen molar-refractivity contribution in [3.63, 3.8) is 0 Å². The van der Waals surface area contributed by atoms with Crippen LogP contribution in [0.1, 0.15) is 40.9 Å². The van der Waals surface area contributed by atoms with Crippen LogP contribution in [0.15, 0.2) is 82.1 Å². The molecule has 36 heavy (non-hydrogen) atoms. The minimum Gasteiger partial charge on any atom is -0.441 e. The van der Waals surface area contributed by atoms with Gasteiger partial charge in [0.05, 0.1) is 11.0 Å². The van der Waals surface area contributed by atoms with Gasteiger partial charge in [0.15, 0.2) is 0 Å². The average Bonchev–Trinajstić information content (AvgIpc) is 3.56. The Labute approximate surface area is 212 Å². The van der Waals surface area contributed by atoms with Crippen LogP contribution in [-0.2, 0) is 17.8 Å². The standard InChI is InChI=1S/C28H25N3O4S/c1-18-25(29-27(35-18)20-10-6-3-7-11-20)23(32)15-14-21-12-13-22(16-24-26(33)30-28(34)36-24)31(21)17-19-8-4-2-5-9-19/h2-13,16,23,32H,14-15,17H2,1H3,(H,30,33,34). The molecular weight excluding hydrogens is 474 g/mol. The molecule has 1 aliphatic rings. The van der Waals surface area contributed by atoms with Crippen molar-refractivity contribution in [1.82, 2.24) is 14.9 Å². The zero-order chi connectivity index (χ0) is 25.1. The number of carbonyl (C=O) groups excluding carboxylic acids is 2. The van der Waals surface area contributed by atoms with E-state index in [1.807, 2.05) is 79.7 Å². The van der Waals surface area contributed by atoms with Crippen LogP contribution in [0, 0.1) is 6.92 Å². The van der Waals surface area contributed by atoms with Gasteiger partial charge in [-0.2, -0.15) is 0 Å². The third-order valence-corrected chi connectivity index (χ3v) is 6.86. The third-order valence-electron chi connectivity index (χ3n) is 6.05. The van der Waals surface area contributed by atoms with Crippen molar-refractivity contribution in [2.45, 2.75) is 32.4 Å². The van der Waals surface area contributed by atoms with E-state index in [4.69, 9.17) is 4.42 Å². The number of amides is 2. The smallest absolute Gasteiger partial charge is 0.290 e. The molecule has 2 aromatic carbocycles. The number of aliphatic hydroxyl groups is 1. The van der Waals surface area contributed by atoms with Gasteiger partial charge in [-0.1, -0.05) is 48.5 Å². The fourth-order valence-corrected chi connectivity index (χ4v) is 4.90. The summed E-state index contributed by atoms with van der Waals surface area (Å²) < 4.78 is 7.93. The lowest BCUT2D eigenvalue weighted by Crippen LogP contribution is -2.18. The molecule has 1 atom stereocenters. The van der Waals surface area contributed by atoms with E-state index in [1.165, 1.54) is 0 Å². The van der Waals surface area contributed by atoms with Gasteiger partial charge in [0, 0.05) is 23.5 Å². The highest BCUT2D eigenvalue weighted by atomic mass is 32.2. The number of imide groups is 1. The second-order valence-electron chi connectivity index (χ2n) is 8.55. The largest absolute Gasteiger partial charge is 0.441 e. The summed E-state index contributed by atoms with van der Waals surface area (Å²) in [6, 6.07) is 23.6. The van der Waals surface area contributed by atoms with Gasteiger partial charge in [0.1, 0.15) is 11.5 Å². The first kappa shape index (κ1) is 23.8.